The lowest BCUT2D eigenvalue weighted by molar-refractivity contribution is 0.0966. The second-order valence-electron chi connectivity index (χ2n) is 6.42. The summed E-state index contributed by atoms with van der Waals surface area (Å²) in [7, 11) is 1.56. The van der Waals surface area contributed by atoms with Crippen molar-refractivity contribution in [1.29, 1.82) is 0 Å². The molecule has 2 heterocycles. The van der Waals surface area contributed by atoms with Crippen LogP contribution in [0.5, 0.6) is 5.75 Å². The molecule has 2 amide bonds. The molecule has 0 spiro atoms. The Hall–Kier alpha value is -3.47. The first kappa shape index (κ1) is 21.2. The van der Waals surface area contributed by atoms with Crippen molar-refractivity contribution in [3.63, 3.8) is 0 Å². The van der Waals surface area contributed by atoms with Crippen molar-refractivity contribution in [3.05, 3.63) is 40.8 Å². The summed E-state index contributed by atoms with van der Waals surface area (Å²) in [5, 5.41) is 17.3. The Labute approximate surface area is 175 Å². The molecule has 2 aromatic heterocycles. The Balaban J connectivity index is 1.95. The Morgan fingerprint density at radius 1 is 1.33 bits per heavy atom. The lowest BCUT2D eigenvalue weighted by atomic mass is 10.2. The number of halogens is 1. The lowest BCUT2D eigenvalue weighted by Crippen LogP contribution is -2.32. The zero-order valence-corrected chi connectivity index (χ0v) is 17.3. The van der Waals surface area contributed by atoms with E-state index in [1.807, 2.05) is 0 Å². The molecule has 3 aromatic rings. The molecule has 0 saturated carbocycles. The van der Waals surface area contributed by atoms with Gasteiger partial charge in [0, 0.05) is 13.1 Å². The van der Waals surface area contributed by atoms with Gasteiger partial charge in [0.2, 0.25) is 0 Å². The number of carbonyl (C=O) groups excluding carboxylic acids is 1. The maximum absolute atomic E-state index is 13.8. The van der Waals surface area contributed by atoms with Gasteiger partial charge in [0.05, 0.1) is 22.5 Å². The molecule has 0 aliphatic heterocycles. The van der Waals surface area contributed by atoms with E-state index in [2.05, 4.69) is 25.9 Å². The summed E-state index contributed by atoms with van der Waals surface area (Å²) in [4.78, 5) is 32.5. The highest BCUT2D eigenvalue weighted by Crippen LogP contribution is 2.36. The summed E-state index contributed by atoms with van der Waals surface area (Å²) in [6.07, 6.45) is -0.347. The number of hydrogen-bond acceptors (Lipinski definition) is 7. The van der Waals surface area contributed by atoms with E-state index < -0.39 is 18.0 Å². The van der Waals surface area contributed by atoms with E-state index in [1.165, 1.54) is 35.9 Å². The Morgan fingerprint density at radius 2 is 2.10 bits per heavy atom. The molecule has 158 valence electrons. The highest BCUT2D eigenvalue weighted by molar-refractivity contribution is 7.20. The Morgan fingerprint density at radius 3 is 2.80 bits per heavy atom. The van der Waals surface area contributed by atoms with Gasteiger partial charge in [0.15, 0.2) is 0 Å². The van der Waals surface area contributed by atoms with Crippen LogP contribution in [0, 0.1) is 12.7 Å². The zero-order chi connectivity index (χ0) is 21.8. The highest BCUT2D eigenvalue weighted by Gasteiger charge is 2.20. The van der Waals surface area contributed by atoms with Crippen LogP contribution in [0.4, 0.5) is 20.7 Å². The summed E-state index contributed by atoms with van der Waals surface area (Å²) in [5.74, 6) is -0.0834. The first-order chi connectivity index (χ1) is 14.3. The Kier molecular flexibility index (Phi) is 6.31. The lowest BCUT2D eigenvalue weighted by Gasteiger charge is -2.18. The monoisotopic (exact) mass is 433 g/mol. The molecule has 0 aliphatic carbocycles. The maximum atomic E-state index is 13.8. The highest BCUT2D eigenvalue weighted by atomic mass is 32.1. The molecule has 1 aromatic carbocycles. The van der Waals surface area contributed by atoms with Crippen molar-refractivity contribution in [2.75, 3.05) is 18.9 Å². The van der Waals surface area contributed by atoms with Crippen molar-refractivity contribution >= 4 is 45.1 Å². The zero-order valence-electron chi connectivity index (χ0n) is 16.4. The normalized spacial score (nSPS) is 11.7. The Bertz CT molecular complexity index is 1100. The summed E-state index contributed by atoms with van der Waals surface area (Å²) in [6, 6.07) is 3.97. The molecule has 11 heteroatoms. The number of amides is 2. The van der Waals surface area contributed by atoms with Gasteiger partial charge in [-0.25, -0.2) is 19.2 Å². The molecule has 3 rings (SSSR count). The molecule has 4 N–H and O–H groups in total. The topological polar surface area (TPSA) is 125 Å². The van der Waals surface area contributed by atoms with E-state index in [4.69, 9.17) is 9.84 Å². The number of nitrogens with zero attached hydrogens (tertiary/aromatic N) is 2. The summed E-state index contributed by atoms with van der Waals surface area (Å²) in [5.41, 5.74) is 1.16. The summed E-state index contributed by atoms with van der Waals surface area (Å²) >= 11 is 1.25. The number of fused-ring (bicyclic) bond motifs is 1. The van der Waals surface area contributed by atoms with Crippen molar-refractivity contribution in [2.45, 2.75) is 20.0 Å². The molecular formula is C19H20FN5O4S. The third-order valence-electron chi connectivity index (χ3n) is 4.23. The number of benzene rings is 1. The second kappa shape index (κ2) is 8.91. The predicted octanol–water partition coefficient (Wildman–Crippen LogP) is 3.28. The van der Waals surface area contributed by atoms with Gasteiger partial charge in [-0.2, -0.15) is 0 Å². The minimum atomic E-state index is -1.17. The van der Waals surface area contributed by atoms with Crippen LogP contribution >= 0.6 is 11.3 Å². The molecule has 0 saturated heterocycles. The number of aromatic nitrogens is 2. The van der Waals surface area contributed by atoms with E-state index in [0.29, 0.717) is 26.6 Å². The number of hydrogen-bond donors (Lipinski definition) is 4. The second-order valence-corrected chi connectivity index (χ2v) is 7.42. The number of ether oxygens (including phenoxy) is 1. The third-order valence-corrected chi connectivity index (χ3v) is 5.42. The fourth-order valence-electron chi connectivity index (χ4n) is 2.81. The van der Waals surface area contributed by atoms with Crippen LogP contribution in [0.3, 0.4) is 0 Å². The molecule has 9 nitrogen and oxygen atoms in total. The van der Waals surface area contributed by atoms with E-state index in [-0.39, 0.29) is 18.2 Å². The van der Waals surface area contributed by atoms with Crippen LogP contribution < -0.4 is 20.7 Å². The average molecular weight is 433 g/mol. The van der Waals surface area contributed by atoms with Gasteiger partial charge in [0.1, 0.15) is 34.6 Å². The van der Waals surface area contributed by atoms with Gasteiger partial charge in [-0.05, 0) is 31.5 Å². The van der Waals surface area contributed by atoms with Crippen LogP contribution in [-0.2, 0) is 0 Å². The number of thiophene rings is 1. The van der Waals surface area contributed by atoms with Crippen LogP contribution in [0.1, 0.15) is 22.2 Å². The quantitative estimate of drug-likeness (QED) is 0.451. The van der Waals surface area contributed by atoms with E-state index in [9.17, 15) is 14.0 Å². The van der Waals surface area contributed by atoms with Gasteiger partial charge in [-0.1, -0.05) is 0 Å². The minimum absolute atomic E-state index is 0.0299. The van der Waals surface area contributed by atoms with Gasteiger partial charge in [0.25, 0.3) is 5.91 Å². The number of aryl methyl sites for hydroxylation is 1. The standard InChI is InChI=1S/C19H20FN5O4S/c1-9(7-22-19(27)28)29-13-6-11(20)4-5-12(13)25-16-14-10(2)15(17(26)21-3)30-18(14)24-8-23-16/h4-6,8-9,22H,7H2,1-3H3,(H,21,26)(H,27,28)(H,23,24,25). The fraction of sp³-hybridized carbons (Fsp3) is 0.263. The molecule has 30 heavy (non-hydrogen) atoms. The number of rotatable bonds is 7. The van der Waals surface area contributed by atoms with Crippen molar-refractivity contribution in [1.82, 2.24) is 20.6 Å². The van der Waals surface area contributed by atoms with Gasteiger partial charge in [-0.3, -0.25) is 4.79 Å². The van der Waals surface area contributed by atoms with E-state index in [0.717, 1.165) is 5.56 Å². The van der Waals surface area contributed by atoms with Crippen LogP contribution in [0.15, 0.2) is 24.5 Å². The molecule has 1 atom stereocenters. The van der Waals surface area contributed by atoms with E-state index >= 15 is 0 Å². The van der Waals surface area contributed by atoms with Gasteiger partial charge in [-0.15, -0.1) is 11.3 Å². The summed E-state index contributed by atoms with van der Waals surface area (Å²) < 4.78 is 19.5. The van der Waals surface area contributed by atoms with Crippen LogP contribution in [-0.4, -0.2) is 46.8 Å². The van der Waals surface area contributed by atoms with Crippen molar-refractivity contribution in [2.24, 2.45) is 0 Å². The van der Waals surface area contributed by atoms with Gasteiger partial charge < -0.3 is 25.8 Å². The molecule has 0 radical (unpaired) electrons. The maximum Gasteiger partial charge on any atom is 0.404 e. The number of carboxylic acid groups (broad SMARTS) is 1. The SMILES string of the molecule is CNC(=O)c1sc2ncnc(Nc3ccc(F)cc3OC(C)CNC(=O)O)c2c1C. The largest absolute Gasteiger partial charge is 0.487 e. The molecule has 1 unspecified atom stereocenters. The number of nitrogens with one attached hydrogen (secondary N) is 3. The first-order valence-corrected chi connectivity index (χ1v) is 9.78. The van der Waals surface area contributed by atoms with Crippen molar-refractivity contribution in [3.8, 4) is 5.75 Å². The van der Waals surface area contributed by atoms with Crippen LogP contribution in [0.2, 0.25) is 0 Å². The number of carbonyl (C=O) groups is 2. The van der Waals surface area contributed by atoms with Crippen molar-refractivity contribution < 1.29 is 23.8 Å². The third kappa shape index (κ3) is 4.57. The predicted molar refractivity (Wildman–Crippen MR) is 111 cm³/mol. The molecule has 0 aliphatic rings. The fourth-order valence-corrected chi connectivity index (χ4v) is 3.91. The molecule has 0 fully saturated rings. The first-order valence-electron chi connectivity index (χ1n) is 8.96. The van der Waals surface area contributed by atoms with Gasteiger partial charge >= 0.3 is 6.09 Å². The summed E-state index contributed by atoms with van der Waals surface area (Å²) in [6.45, 7) is 3.49. The minimum Gasteiger partial charge on any atom is -0.487 e. The average Bonchev–Trinajstić information content (AvgIpc) is 3.05. The molecule has 0 bridgehead atoms. The number of anilines is 2. The molecular weight excluding hydrogens is 413 g/mol. The smallest absolute Gasteiger partial charge is 0.404 e. The van der Waals surface area contributed by atoms with Crippen LogP contribution in [0.25, 0.3) is 10.2 Å². The van der Waals surface area contributed by atoms with E-state index in [1.54, 1.807) is 20.9 Å².